The quantitative estimate of drug-likeness (QED) is 0.260. The van der Waals surface area contributed by atoms with E-state index in [0.29, 0.717) is 5.57 Å². The van der Waals surface area contributed by atoms with E-state index in [-0.39, 0.29) is 5.97 Å². The van der Waals surface area contributed by atoms with Crippen LogP contribution in [0.15, 0.2) is 23.8 Å². The summed E-state index contributed by atoms with van der Waals surface area (Å²) in [7, 11) is 0. The molecule has 0 aromatic rings. The van der Waals surface area contributed by atoms with E-state index in [1.54, 1.807) is 6.92 Å². The largest absolute Gasteiger partial charge is 0.456 e. The smallest absolute Gasteiger partial charge is 0.336 e. The third-order valence-electron chi connectivity index (χ3n) is 4.13. The Hall–Kier alpha value is -1.09. The molecule has 0 aromatic carbocycles. The topological polar surface area (TPSA) is 46.5 Å². The number of allylic oxidation sites excluding steroid dienone is 3. The first-order valence-electron chi connectivity index (χ1n) is 8.91. The third-order valence-corrected chi connectivity index (χ3v) is 4.13. The maximum Gasteiger partial charge on any atom is 0.336 e. The van der Waals surface area contributed by atoms with Gasteiger partial charge in [-0.25, -0.2) is 4.79 Å². The van der Waals surface area contributed by atoms with Crippen LogP contribution in [0.2, 0.25) is 0 Å². The molecule has 1 heterocycles. The molecule has 0 radical (unpaired) electrons. The van der Waals surface area contributed by atoms with Crippen LogP contribution in [0.4, 0.5) is 0 Å². The van der Waals surface area contributed by atoms with Gasteiger partial charge in [-0.3, -0.25) is 0 Å². The number of esters is 1. The zero-order chi connectivity index (χ0) is 16.2. The van der Waals surface area contributed by atoms with E-state index in [0.717, 1.165) is 19.3 Å². The molecule has 126 valence electrons. The van der Waals surface area contributed by atoms with Crippen molar-refractivity contribution >= 4 is 5.97 Å². The molecule has 1 aliphatic heterocycles. The molecular weight excluding hydrogens is 276 g/mol. The minimum atomic E-state index is -0.741. The Morgan fingerprint density at radius 3 is 2.14 bits per heavy atom. The number of unbranched alkanes of at least 4 members (excludes halogenated alkanes) is 8. The number of aliphatic hydroxyl groups is 1. The van der Waals surface area contributed by atoms with Crippen LogP contribution in [0, 0.1) is 0 Å². The Labute approximate surface area is 135 Å². The summed E-state index contributed by atoms with van der Waals surface area (Å²) in [6, 6.07) is 0. The number of hydrogen-bond donors (Lipinski definition) is 1. The van der Waals surface area contributed by atoms with Gasteiger partial charge >= 0.3 is 5.97 Å². The first-order chi connectivity index (χ1) is 10.7. The molecule has 2 unspecified atom stereocenters. The van der Waals surface area contributed by atoms with Crippen LogP contribution in [-0.4, -0.2) is 23.3 Å². The lowest BCUT2D eigenvalue weighted by molar-refractivity contribution is -0.138. The van der Waals surface area contributed by atoms with Crippen LogP contribution >= 0.6 is 0 Å². The van der Waals surface area contributed by atoms with Crippen LogP contribution in [-0.2, 0) is 9.53 Å². The highest BCUT2D eigenvalue weighted by molar-refractivity contribution is 5.92. The highest BCUT2D eigenvalue weighted by Crippen LogP contribution is 2.22. The fourth-order valence-electron chi connectivity index (χ4n) is 2.71. The number of hydrogen-bond acceptors (Lipinski definition) is 3. The molecule has 0 aliphatic carbocycles. The number of cyclic esters (lactones) is 1. The van der Waals surface area contributed by atoms with Gasteiger partial charge in [0.05, 0.1) is 5.57 Å². The lowest BCUT2D eigenvalue weighted by Crippen LogP contribution is -2.17. The van der Waals surface area contributed by atoms with Crippen molar-refractivity contribution in [2.24, 2.45) is 0 Å². The summed E-state index contributed by atoms with van der Waals surface area (Å²) in [6.07, 6.45) is 17.3. The molecule has 1 N–H and O–H groups in total. The molecule has 0 saturated carbocycles. The van der Waals surface area contributed by atoms with E-state index in [9.17, 15) is 9.90 Å². The van der Waals surface area contributed by atoms with Crippen molar-refractivity contribution in [2.45, 2.75) is 90.3 Å². The Balaban J connectivity index is 1.96. The number of carbonyl (C=O) groups is 1. The standard InChI is InChI=1S/C19H32O3/c1-3-4-5-6-7-8-9-10-11-12-13-14-15-17-18(20)16(2)22-19(17)21/h4-5,15-16,18,20H,3,6-14H2,1-2H3. The molecule has 0 amide bonds. The number of aliphatic hydroxyl groups excluding tert-OH is 1. The summed E-state index contributed by atoms with van der Waals surface area (Å²) in [5.41, 5.74) is 0.452. The normalized spacial score (nSPS) is 23.6. The zero-order valence-corrected chi connectivity index (χ0v) is 14.2. The van der Waals surface area contributed by atoms with Crippen molar-refractivity contribution in [1.82, 2.24) is 0 Å². The fraction of sp³-hybridized carbons (Fsp3) is 0.737. The summed E-state index contributed by atoms with van der Waals surface area (Å²) in [4.78, 5) is 11.5. The van der Waals surface area contributed by atoms with Crippen LogP contribution < -0.4 is 0 Å². The molecule has 0 spiro atoms. The molecular formula is C19H32O3. The van der Waals surface area contributed by atoms with Gasteiger partial charge in [-0.15, -0.1) is 0 Å². The Morgan fingerprint density at radius 2 is 1.59 bits per heavy atom. The predicted octanol–water partition coefficient (Wildman–Crippen LogP) is 4.70. The average Bonchev–Trinajstić information content (AvgIpc) is 2.74. The monoisotopic (exact) mass is 308 g/mol. The second-order valence-electron chi connectivity index (χ2n) is 6.15. The van der Waals surface area contributed by atoms with E-state index in [2.05, 4.69) is 19.1 Å². The Bertz CT molecular complexity index is 371. The van der Waals surface area contributed by atoms with Crippen molar-refractivity contribution in [3.8, 4) is 0 Å². The minimum absolute atomic E-state index is 0.350. The van der Waals surface area contributed by atoms with Crippen LogP contribution in [0.5, 0.6) is 0 Å². The van der Waals surface area contributed by atoms with Crippen molar-refractivity contribution in [1.29, 1.82) is 0 Å². The molecule has 2 atom stereocenters. The second kappa shape index (κ2) is 11.5. The highest BCUT2D eigenvalue weighted by atomic mass is 16.6. The third kappa shape index (κ3) is 7.26. The Morgan fingerprint density at radius 1 is 1.00 bits per heavy atom. The molecule has 3 nitrogen and oxygen atoms in total. The maximum absolute atomic E-state index is 11.5. The van der Waals surface area contributed by atoms with Gasteiger partial charge in [0, 0.05) is 0 Å². The number of rotatable bonds is 11. The molecule has 1 fully saturated rings. The van der Waals surface area contributed by atoms with E-state index in [4.69, 9.17) is 4.74 Å². The van der Waals surface area contributed by atoms with Crippen LogP contribution in [0.3, 0.4) is 0 Å². The van der Waals surface area contributed by atoms with Gasteiger partial charge in [0.25, 0.3) is 0 Å². The van der Waals surface area contributed by atoms with Crippen molar-refractivity contribution in [3.05, 3.63) is 23.8 Å². The van der Waals surface area contributed by atoms with Crippen LogP contribution in [0.1, 0.15) is 78.1 Å². The van der Waals surface area contributed by atoms with Gasteiger partial charge < -0.3 is 9.84 Å². The van der Waals surface area contributed by atoms with Gasteiger partial charge in [0.15, 0.2) is 0 Å². The SMILES string of the molecule is CCC=CCCCCCCCCCC=C1C(=O)OC(C)C1O. The van der Waals surface area contributed by atoms with Gasteiger partial charge in [0.1, 0.15) is 12.2 Å². The van der Waals surface area contributed by atoms with Gasteiger partial charge in [-0.2, -0.15) is 0 Å². The van der Waals surface area contributed by atoms with E-state index in [1.165, 1.54) is 44.9 Å². The summed E-state index contributed by atoms with van der Waals surface area (Å²) in [6.45, 7) is 3.89. The lowest BCUT2D eigenvalue weighted by atomic mass is 10.0. The lowest BCUT2D eigenvalue weighted by Gasteiger charge is -2.04. The molecule has 1 rings (SSSR count). The van der Waals surface area contributed by atoms with Gasteiger partial charge in [0.2, 0.25) is 0 Å². The molecule has 3 heteroatoms. The van der Waals surface area contributed by atoms with Crippen molar-refractivity contribution < 1.29 is 14.6 Å². The minimum Gasteiger partial charge on any atom is -0.456 e. The molecule has 1 aliphatic rings. The second-order valence-corrected chi connectivity index (χ2v) is 6.15. The molecule has 0 aromatic heterocycles. The van der Waals surface area contributed by atoms with Gasteiger partial charge in [-0.1, -0.05) is 57.3 Å². The first kappa shape index (κ1) is 19.0. The molecule has 0 bridgehead atoms. The van der Waals surface area contributed by atoms with E-state index >= 15 is 0 Å². The van der Waals surface area contributed by atoms with E-state index < -0.39 is 12.2 Å². The highest BCUT2D eigenvalue weighted by Gasteiger charge is 2.34. The summed E-state index contributed by atoms with van der Waals surface area (Å²) < 4.78 is 4.98. The number of ether oxygens (including phenoxy) is 1. The van der Waals surface area contributed by atoms with Crippen molar-refractivity contribution in [2.75, 3.05) is 0 Å². The first-order valence-corrected chi connectivity index (χ1v) is 8.91. The fourth-order valence-corrected chi connectivity index (χ4v) is 2.71. The van der Waals surface area contributed by atoms with Crippen molar-refractivity contribution in [3.63, 3.8) is 0 Å². The Kier molecular flexibility index (Phi) is 9.89. The van der Waals surface area contributed by atoms with Crippen LogP contribution in [0.25, 0.3) is 0 Å². The van der Waals surface area contributed by atoms with Gasteiger partial charge in [-0.05, 0) is 39.0 Å². The maximum atomic E-state index is 11.5. The summed E-state index contributed by atoms with van der Waals surface area (Å²) in [5.74, 6) is -0.350. The number of carbonyl (C=O) groups excluding carboxylic acids is 1. The molecule has 1 saturated heterocycles. The zero-order valence-electron chi connectivity index (χ0n) is 14.2. The predicted molar refractivity (Wildman–Crippen MR) is 90.6 cm³/mol. The van der Waals surface area contributed by atoms with E-state index in [1.807, 2.05) is 6.08 Å². The summed E-state index contributed by atoms with van der Waals surface area (Å²) >= 11 is 0. The summed E-state index contributed by atoms with van der Waals surface area (Å²) in [5, 5.41) is 9.79. The molecule has 22 heavy (non-hydrogen) atoms. The average molecular weight is 308 g/mol.